The largest absolute Gasteiger partial charge is 0.447 e. The second-order valence-electron chi connectivity index (χ2n) is 13.3. The molecule has 1 unspecified atom stereocenters. The van der Waals surface area contributed by atoms with Crippen LogP contribution in [0.15, 0.2) is 35.5 Å². The van der Waals surface area contributed by atoms with Gasteiger partial charge in [-0.05, 0) is 45.2 Å². The van der Waals surface area contributed by atoms with E-state index in [1.165, 1.54) is 31.6 Å². The molecule has 1 aliphatic heterocycles. The number of nitrogens with zero attached hydrogens (tertiary/aromatic N) is 5. The van der Waals surface area contributed by atoms with E-state index in [0.29, 0.717) is 12.1 Å². The molecule has 1 saturated carbocycles. The summed E-state index contributed by atoms with van der Waals surface area (Å²) in [5, 5.41) is 40.2. The standard InChI is InChI=1S/C32H40F3N7O8/c1-17(25(43)26(36)44)38-28(46)23-14-21(42-24(15-37-40-42)30(2,3)48)16-41(23)29(47)22(13-18-7-5-4-6-8-18)39-27(45)19-9-11-20(12-10-19)31(49,50)32(33,34)35/h9-12,15,17-18,21,23,48-50H,4-8,13-14,16H2,1-3H3,(H2,36,44)(H,38,46)/t17?,21-,23-/m0/s1. The topological polar surface area (TPSA) is 230 Å². The average molecular weight is 708 g/mol. The number of halogens is 3. The molecule has 4 rings (SSSR count). The summed E-state index contributed by atoms with van der Waals surface area (Å²) in [6.45, 7) is 4.08. The third kappa shape index (κ3) is 8.42. The lowest BCUT2D eigenvalue weighted by Gasteiger charge is -2.27. The molecule has 50 heavy (non-hydrogen) atoms. The van der Waals surface area contributed by atoms with Crippen molar-refractivity contribution in [2.75, 3.05) is 6.54 Å². The van der Waals surface area contributed by atoms with Crippen LogP contribution >= 0.6 is 0 Å². The highest BCUT2D eigenvalue weighted by atomic mass is 19.4. The van der Waals surface area contributed by atoms with Crippen molar-refractivity contribution in [3.05, 3.63) is 47.3 Å². The van der Waals surface area contributed by atoms with Gasteiger partial charge in [0, 0.05) is 24.1 Å². The van der Waals surface area contributed by atoms with Crippen molar-refractivity contribution in [1.82, 2.24) is 25.2 Å². The number of rotatable bonds is 11. The highest BCUT2D eigenvalue weighted by molar-refractivity contribution is 6.41. The summed E-state index contributed by atoms with van der Waals surface area (Å²) in [4.78, 5) is 70.2. The molecule has 18 heteroatoms. The van der Waals surface area contributed by atoms with Crippen LogP contribution in [0.3, 0.4) is 0 Å². The monoisotopic (exact) mass is 707 g/mol. The number of aromatic nitrogens is 3. The summed E-state index contributed by atoms with van der Waals surface area (Å²) in [7, 11) is 0. The van der Waals surface area contributed by atoms with Crippen molar-refractivity contribution in [2.45, 2.75) is 101 Å². The summed E-state index contributed by atoms with van der Waals surface area (Å²) in [6, 6.07) is -0.0780. The molecule has 2 fully saturated rings. The zero-order valence-corrected chi connectivity index (χ0v) is 27.7. The average Bonchev–Trinajstić information content (AvgIpc) is 3.72. The number of hydrogen-bond acceptors (Lipinski definition) is 10. The summed E-state index contributed by atoms with van der Waals surface area (Å²) in [6.07, 6.45) is 0.0744. The second kappa shape index (κ2) is 14.7. The highest BCUT2D eigenvalue weighted by Crippen LogP contribution is 2.37. The number of alkyl halides is 3. The number of ketones is 1. The Kier molecular flexibility index (Phi) is 11.3. The zero-order valence-electron chi connectivity index (χ0n) is 27.7. The lowest BCUT2D eigenvalue weighted by molar-refractivity contribution is -0.358. The predicted octanol–water partition coefficient (Wildman–Crippen LogP) is 1.16. The van der Waals surface area contributed by atoms with Crippen LogP contribution < -0.4 is 11.1 Å². The molecule has 1 aromatic carbocycles. The SMILES string of the molecule is CC(NC(=O)[C@@H]1C[C@H](n2nncc2C(C)(C)O)CN1C(=O)C(CC1CCCCC1)=NC(=O)c1ccc(C(O)(O)C(F)(F)F)cc1)C(=O)C(N)=O. The Balaban J connectivity index is 1.71. The molecule has 1 saturated heterocycles. The van der Waals surface area contributed by atoms with Gasteiger partial charge in [0.25, 0.3) is 23.5 Å². The van der Waals surface area contributed by atoms with Gasteiger partial charge in [-0.15, -0.1) is 5.10 Å². The van der Waals surface area contributed by atoms with E-state index in [0.717, 1.165) is 49.1 Å². The van der Waals surface area contributed by atoms with Gasteiger partial charge in [-0.3, -0.25) is 24.0 Å². The van der Waals surface area contributed by atoms with Crippen molar-refractivity contribution in [3.8, 4) is 0 Å². The van der Waals surface area contributed by atoms with E-state index in [1.54, 1.807) is 0 Å². The van der Waals surface area contributed by atoms with E-state index in [2.05, 4.69) is 20.6 Å². The molecular weight excluding hydrogens is 667 g/mol. The van der Waals surface area contributed by atoms with Crippen LogP contribution in [-0.4, -0.2) is 95.1 Å². The van der Waals surface area contributed by atoms with Crippen molar-refractivity contribution < 1.29 is 52.5 Å². The number of nitrogens with one attached hydrogen (secondary N) is 1. The van der Waals surface area contributed by atoms with Crippen LogP contribution in [0.25, 0.3) is 0 Å². The van der Waals surface area contributed by atoms with Crippen molar-refractivity contribution in [1.29, 1.82) is 0 Å². The molecule has 1 aliphatic carbocycles. The number of benzene rings is 1. The number of hydrogen-bond donors (Lipinski definition) is 5. The van der Waals surface area contributed by atoms with Crippen LogP contribution in [0.2, 0.25) is 0 Å². The Morgan fingerprint density at radius 3 is 2.22 bits per heavy atom. The molecule has 272 valence electrons. The Hall–Kier alpha value is -4.55. The Morgan fingerprint density at radius 2 is 1.66 bits per heavy atom. The van der Waals surface area contributed by atoms with Gasteiger partial charge in [0.1, 0.15) is 17.4 Å². The highest BCUT2D eigenvalue weighted by Gasteiger charge is 2.54. The number of nitrogens with two attached hydrogens (primary N) is 1. The van der Waals surface area contributed by atoms with E-state index in [-0.39, 0.29) is 42.3 Å². The summed E-state index contributed by atoms with van der Waals surface area (Å²) in [5.41, 5.74) is 2.55. The Labute approximate surface area is 284 Å². The van der Waals surface area contributed by atoms with Gasteiger partial charge in [-0.2, -0.15) is 13.2 Å². The van der Waals surface area contributed by atoms with E-state index in [9.17, 15) is 52.5 Å². The van der Waals surface area contributed by atoms with Crippen LogP contribution in [0, 0.1) is 5.92 Å². The molecule has 6 N–H and O–H groups in total. The maximum Gasteiger partial charge on any atom is 0.447 e. The van der Waals surface area contributed by atoms with Gasteiger partial charge in [-0.25, -0.2) is 9.67 Å². The predicted molar refractivity (Wildman–Crippen MR) is 168 cm³/mol. The summed E-state index contributed by atoms with van der Waals surface area (Å²) < 4.78 is 40.7. The number of amides is 4. The normalized spacial score (nSPS) is 20.0. The zero-order chi connectivity index (χ0) is 37.2. The maximum absolute atomic E-state index is 14.4. The minimum absolute atomic E-state index is 0.0391. The quantitative estimate of drug-likeness (QED) is 0.127. The first-order chi connectivity index (χ1) is 23.2. The van der Waals surface area contributed by atoms with E-state index in [1.807, 2.05) is 0 Å². The first kappa shape index (κ1) is 38.3. The molecule has 0 radical (unpaired) electrons. The summed E-state index contributed by atoms with van der Waals surface area (Å²) >= 11 is 0. The molecular formula is C32H40F3N7O8. The van der Waals surface area contributed by atoms with Gasteiger partial charge in [-0.1, -0.05) is 49.5 Å². The number of aliphatic imine (C=N–C) groups is 1. The van der Waals surface area contributed by atoms with E-state index < -0.39 is 70.7 Å². The van der Waals surface area contributed by atoms with Crippen LogP contribution in [0.5, 0.6) is 0 Å². The van der Waals surface area contributed by atoms with E-state index >= 15 is 0 Å². The number of carbonyl (C=O) groups excluding carboxylic acids is 5. The number of aliphatic hydroxyl groups is 3. The molecule has 15 nitrogen and oxygen atoms in total. The smallest absolute Gasteiger partial charge is 0.384 e. The van der Waals surface area contributed by atoms with Gasteiger partial charge in [0.15, 0.2) is 0 Å². The fourth-order valence-electron chi connectivity index (χ4n) is 6.21. The second-order valence-corrected chi connectivity index (χ2v) is 13.3. The van der Waals surface area contributed by atoms with Gasteiger partial charge in [0.05, 0.1) is 24.0 Å². The molecule has 0 bridgehead atoms. The number of carbonyl (C=O) groups is 5. The van der Waals surface area contributed by atoms with Gasteiger partial charge >= 0.3 is 6.18 Å². The maximum atomic E-state index is 14.4. The lowest BCUT2D eigenvalue weighted by Crippen LogP contribution is -2.52. The molecule has 2 aromatic rings. The number of Topliss-reactive ketones (excluding diaryl/α,β-unsaturated/α-hetero) is 1. The Bertz CT molecular complexity index is 1640. The molecule has 2 heterocycles. The fraction of sp³-hybridized carbons (Fsp3) is 0.562. The third-order valence-electron chi connectivity index (χ3n) is 9.00. The van der Waals surface area contributed by atoms with Crippen molar-refractivity contribution in [3.63, 3.8) is 0 Å². The first-order valence-corrected chi connectivity index (χ1v) is 16.0. The van der Waals surface area contributed by atoms with Crippen LogP contribution in [0.4, 0.5) is 13.2 Å². The van der Waals surface area contributed by atoms with Crippen molar-refractivity contribution >= 4 is 35.1 Å². The summed E-state index contributed by atoms with van der Waals surface area (Å²) in [5.74, 6) is -9.18. The molecule has 3 atom stereocenters. The fourth-order valence-corrected chi connectivity index (χ4v) is 6.21. The molecule has 1 aromatic heterocycles. The van der Waals surface area contributed by atoms with Gasteiger partial charge in [0.2, 0.25) is 11.7 Å². The van der Waals surface area contributed by atoms with E-state index in [4.69, 9.17) is 5.73 Å². The first-order valence-electron chi connectivity index (χ1n) is 16.0. The minimum atomic E-state index is -5.42. The minimum Gasteiger partial charge on any atom is -0.384 e. The third-order valence-corrected chi connectivity index (χ3v) is 9.00. The van der Waals surface area contributed by atoms with Crippen LogP contribution in [0.1, 0.15) is 93.4 Å². The molecule has 2 aliphatic rings. The van der Waals surface area contributed by atoms with Gasteiger partial charge < -0.3 is 31.3 Å². The van der Waals surface area contributed by atoms with Crippen LogP contribution in [-0.2, 0) is 30.6 Å². The van der Waals surface area contributed by atoms with Crippen molar-refractivity contribution in [2.24, 2.45) is 16.6 Å². The lowest BCUT2D eigenvalue weighted by atomic mass is 9.85. The number of primary amides is 1. The number of likely N-dealkylation sites (tertiary alicyclic amines) is 1. The molecule has 4 amide bonds. The Morgan fingerprint density at radius 1 is 1.04 bits per heavy atom. The molecule has 0 spiro atoms.